The highest BCUT2D eigenvalue weighted by Gasteiger charge is 2.27. The number of aromatic nitrogens is 2. The van der Waals surface area contributed by atoms with Gasteiger partial charge >= 0.3 is 5.97 Å². The highest BCUT2D eigenvalue weighted by molar-refractivity contribution is 5.84. The van der Waals surface area contributed by atoms with Crippen LogP contribution >= 0.6 is 0 Å². The highest BCUT2D eigenvalue weighted by Crippen LogP contribution is 2.28. The van der Waals surface area contributed by atoms with Crippen molar-refractivity contribution in [1.29, 1.82) is 0 Å². The normalized spacial score (nSPS) is 15.2. The molecule has 0 unspecified atom stereocenters. The number of carboxylic acid groups (broad SMARTS) is 1. The van der Waals surface area contributed by atoms with Crippen LogP contribution in [0.25, 0.3) is 0 Å². The van der Waals surface area contributed by atoms with Crippen LogP contribution in [0, 0.1) is 0 Å². The van der Waals surface area contributed by atoms with E-state index in [1.807, 2.05) is 11.9 Å². The molecule has 0 saturated heterocycles. The summed E-state index contributed by atoms with van der Waals surface area (Å²) in [5.41, 5.74) is -0.0158. The molecule has 1 aliphatic rings. The highest BCUT2D eigenvalue weighted by atomic mass is 16.4. The lowest BCUT2D eigenvalue weighted by Gasteiger charge is -2.16. The van der Waals surface area contributed by atoms with Crippen molar-refractivity contribution in [1.82, 2.24) is 9.97 Å². The first-order valence-electron chi connectivity index (χ1n) is 4.46. The van der Waals surface area contributed by atoms with Crippen molar-refractivity contribution in [3.8, 4) is 0 Å². The van der Waals surface area contributed by atoms with Crippen LogP contribution in [-0.2, 0) is 0 Å². The molecule has 1 saturated carbocycles. The van der Waals surface area contributed by atoms with Crippen LogP contribution in [0.2, 0.25) is 0 Å². The van der Waals surface area contributed by atoms with Gasteiger partial charge in [0.2, 0.25) is 0 Å². The molecule has 1 N–H and O–H groups in total. The Morgan fingerprint density at radius 3 is 2.64 bits per heavy atom. The first-order valence-corrected chi connectivity index (χ1v) is 4.46. The number of carboxylic acids is 1. The molecule has 2 rings (SSSR count). The van der Waals surface area contributed by atoms with Crippen molar-refractivity contribution in [2.45, 2.75) is 18.9 Å². The van der Waals surface area contributed by atoms with Crippen LogP contribution < -0.4 is 4.90 Å². The predicted molar refractivity (Wildman–Crippen MR) is 50.4 cm³/mol. The van der Waals surface area contributed by atoms with Gasteiger partial charge in [-0.2, -0.15) is 0 Å². The van der Waals surface area contributed by atoms with Gasteiger partial charge in [-0.1, -0.05) is 0 Å². The molecule has 74 valence electrons. The molecular formula is C9H11N3O2. The second kappa shape index (κ2) is 3.25. The molecule has 0 radical (unpaired) electrons. The van der Waals surface area contributed by atoms with Crippen LogP contribution in [0.1, 0.15) is 23.3 Å². The van der Waals surface area contributed by atoms with E-state index < -0.39 is 5.97 Å². The van der Waals surface area contributed by atoms with E-state index in [1.54, 1.807) is 0 Å². The molecule has 0 spiro atoms. The number of hydrogen-bond acceptors (Lipinski definition) is 4. The standard InChI is InChI=1S/C9H11N3O2/c1-12(6-2-3-6)8-5-10-7(4-11-8)9(13)14/h4-6H,2-3H2,1H3,(H,13,14). The van der Waals surface area contributed by atoms with Crippen molar-refractivity contribution >= 4 is 11.8 Å². The number of hydrogen-bond donors (Lipinski definition) is 1. The minimum Gasteiger partial charge on any atom is -0.476 e. The molecular weight excluding hydrogens is 182 g/mol. The molecule has 0 amide bonds. The maximum atomic E-state index is 10.5. The molecule has 0 aromatic carbocycles. The van der Waals surface area contributed by atoms with E-state index in [4.69, 9.17) is 5.11 Å². The van der Waals surface area contributed by atoms with E-state index in [1.165, 1.54) is 25.2 Å². The van der Waals surface area contributed by atoms with Gasteiger partial charge in [0.1, 0.15) is 5.82 Å². The zero-order valence-electron chi connectivity index (χ0n) is 7.84. The van der Waals surface area contributed by atoms with Crippen LogP contribution in [0.3, 0.4) is 0 Å². The number of rotatable bonds is 3. The summed E-state index contributed by atoms with van der Waals surface area (Å²) in [6.07, 6.45) is 5.15. The lowest BCUT2D eigenvalue weighted by atomic mass is 10.4. The van der Waals surface area contributed by atoms with E-state index in [-0.39, 0.29) is 5.69 Å². The Morgan fingerprint density at radius 1 is 1.50 bits per heavy atom. The monoisotopic (exact) mass is 193 g/mol. The van der Waals surface area contributed by atoms with Crippen LogP contribution in [0.4, 0.5) is 5.82 Å². The van der Waals surface area contributed by atoms with Gasteiger partial charge in [-0.05, 0) is 12.8 Å². The summed E-state index contributed by atoms with van der Waals surface area (Å²) in [5, 5.41) is 8.62. The van der Waals surface area contributed by atoms with Gasteiger partial charge in [-0.25, -0.2) is 14.8 Å². The number of anilines is 1. The summed E-state index contributed by atoms with van der Waals surface area (Å²) in [6, 6.07) is 0.556. The molecule has 0 aliphatic heterocycles. The molecule has 1 aliphatic carbocycles. The first-order chi connectivity index (χ1) is 6.68. The Balaban J connectivity index is 2.16. The molecule has 1 fully saturated rings. The summed E-state index contributed by atoms with van der Waals surface area (Å²) >= 11 is 0. The van der Waals surface area contributed by atoms with E-state index in [9.17, 15) is 4.79 Å². The van der Waals surface area contributed by atoms with Gasteiger partial charge in [-0.3, -0.25) is 0 Å². The summed E-state index contributed by atoms with van der Waals surface area (Å²) in [4.78, 5) is 20.4. The molecule has 1 aromatic heterocycles. The Bertz CT molecular complexity index is 346. The number of nitrogens with zero attached hydrogens (tertiary/aromatic N) is 3. The Kier molecular flexibility index (Phi) is 2.07. The Hall–Kier alpha value is -1.65. The predicted octanol–water partition coefficient (Wildman–Crippen LogP) is 0.773. The van der Waals surface area contributed by atoms with Crippen molar-refractivity contribution in [3.05, 3.63) is 18.1 Å². The third-order valence-corrected chi connectivity index (χ3v) is 2.31. The molecule has 1 aromatic rings. The summed E-state index contributed by atoms with van der Waals surface area (Å²) < 4.78 is 0. The maximum absolute atomic E-state index is 10.5. The quantitative estimate of drug-likeness (QED) is 0.768. The Labute approximate surface area is 81.4 Å². The fourth-order valence-electron chi connectivity index (χ4n) is 1.26. The van der Waals surface area contributed by atoms with Gasteiger partial charge in [0.05, 0.1) is 12.4 Å². The van der Waals surface area contributed by atoms with Gasteiger partial charge < -0.3 is 10.0 Å². The minimum absolute atomic E-state index is 0.0158. The van der Waals surface area contributed by atoms with E-state index >= 15 is 0 Å². The third-order valence-electron chi connectivity index (χ3n) is 2.31. The van der Waals surface area contributed by atoms with Gasteiger partial charge in [0.15, 0.2) is 5.69 Å². The van der Waals surface area contributed by atoms with Crippen molar-refractivity contribution < 1.29 is 9.90 Å². The average Bonchev–Trinajstić information content (AvgIpc) is 3.00. The van der Waals surface area contributed by atoms with Crippen LogP contribution in [0.5, 0.6) is 0 Å². The molecule has 5 nitrogen and oxygen atoms in total. The van der Waals surface area contributed by atoms with Gasteiger partial charge in [0, 0.05) is 13.1 Å². The summed E-state index contributed by atoms with van der Waals surface area (Å²) in [6.45, 7) is 0. The fraction of sp³-hybridized carbons (Fsp3) is 0.444. The summed E-state index contributed by atoms with van der Waals surface area (Å²) in [7, 11) is 1.95. The van der Waals surface area contributed by atoms with Crippen molar-refractivity contribution in [2.75, 3.05) is 11.9 Å². The van der Waals surface area contributed by atoms with Crippen LogP contribution in [0.15, 0.2) is 12.4 Å². The van der Waals surface area contributed by atoms with Crippen molar-refractivity contribution in [2.24, 2.45) is 0 Å². The molecule has 0 atom stereocenters. The number of aromatic carboxylic acids is 1. The van der Waals surface area contributed by atoms with E-state index in [0.717, 1.165) is 5.82 Å². The minimum atomic E-state index is -1.04. The summed E-state index contributed by atoms with van der Waals surface area (Å²) in [5.74, 6) is -0.310. The first kappa shape index (κ1) is 8.93. The molecule has 14 heavy (non-hydrogen) atoms. The second-order valence-electron chi connectivity index (χ2n) is 3.41. The third kappa shape index (κ3) is 1.66. The fourth-order valence-corrected chi connectivity index (χ4v) is 1.26. The lowest BCUT2D eigenvalue weighted by molar-refractivity contribution is 0.0690. The topological polar surface area (TPSA) is 66.3 Å². The number of carbonyl (C=O) groups is 1. The van der Waals surface area contributed by atoms with E-state index in [0.29, 0.717) is 6.04 Å². The van der Waals surface area contributed by atoms with Crippen molar-refractivity contribution in [3.63, 3.8) is 0 Å². The zero-order chi connectivity index (χ0) is 10.1. The average molecular weight is 193 g/mol. The largest absolute Gasteiger partial charge is 0.476 e. The zero-order valence-corrected chi connectivity index (χ0v) is 7.84. The van der Waals surface area contributed by atoms with E-state index in [2.05, 4.69) is 9.97 Å². The lowest BCUT2D eigenvalue weighted by Crippen LogP contribution is -2.21. The maximum Gasteiger partial charge on any atom is 0.356 e. The molecule has 0 bridgehead atoms. The molecule has 1 heterocycles. The Morgan fingerprint density at radius 2 is 2.21 bits per heavy atom. The smallest absolute Gasteiger partial charge is 0.356 e. The van der Waals surface area contributed by atoms with Gasteiger partial charge in [0.25, 0.3) is 0 Å². The molecule has 5 heteroatoms. The van der Waals surface area contributed by atoms with Gasteiger partial charge in [-0.15, -0.1) is 0 Å². The second-order valence-corrected chi connectivity index (χ2v) is 3.41. The van der Waals surface area contributed by atoms with Crippen LogP contribution in [-0.4, -0.2) is 34.1 Å². The SMILES string of the molecule is CN(c1cnc(C(=O)O)cn1)C1CC1.